The van der Waals surface area contributed by atoms with Gasteiger partial charge in [-0.25, -0.2) is 4.98 Å². The van der Waals surface area contributed by atoms with E-state index in [1.54, 1.807) is 6.20 Å². The zero-order valence-corrected chi connectivity index (χ0v) is 16.6. The van der Waals surface area contributed by atoms with Gasteiger partial charge in [0.2, 0.25) is 11.8 Å². The van der Waals surface area contributed by atoms with E-state index in [-0.39, 0.29) is 29.9 Å². The molecule has 2 aliphatic heterocycles. The summed E-state index contributed by atoms with van der Waals surface area (Å²) in [6, 6.07) is 0.201. The Morgan fingerprint density at radius 2 is 2.15 bits per heavy atom. The lowest BCUT2D eigenvalue weighted by atomic mass is 10.0. The third-order valence-electron chi connectivity index (χ3n) is 6.06. The largest absolute Gasteiger partial charge is 0.353 e. The van der Waals surface area contributed by atoms with Gasteiger partial charge in [0.25, 0.3) is 0 Å². The molecule has 0 unspecified atom stereocenters. The fraction of sp³-hybridized carbons (Fsp3) is 0.737. The first kappa shape index (κ1) is 19.8. The molecule has 3 heterocycles. The van der Waals surface area contributed by atoms with Gasteiger partial charge in [-0.1, -0.05) is 0 Å². The number of hydrogen-bond acceptors (Lipinski definition) is 5. The molecule has 150 valence electrons. The lowest BCUT2D eigenvalue weighted by Crippen LogP contribution is -2.49. The Morgan fingerprint density at radius 1 is 1.37 bits per heavy atom. The summed E-state index contributed by atoms with van der Waals surface area (Å²) in [4.78, 5) is 39.0. The van der Waals surface area contributed by atoms with Crippen molar-refractivity contribution in [1.29, 1.82) is 0 Å². The van der Waals surface area contributed by atoms with Crippen molar-refractivity contribution < 1.29 is 9.59 Å². The molecule has 2 aliphatic rings. The number of fused-ring (bicyclic) bond motifs is 1. The average Bonchev–Trinajstić information content (AvgIpc) is 3.30. The molecule has 3 atom stereocenters. The van der Waals surface area contributed by atoms with Crippen molar-refractivity contribution in [2.45, 2.75) is 57.8 Å². The molecule has 8 heteroatoms. The van der Waals surface area contributed by atoms with E-state index < -0.39 is 0 Å². The fourth-order valence-electron chi connectivity index (χ4n) is 4.43. The Labute approximate surface area is 161 Å². The Balaban J connectivity index is 1.63. The van der Waals surface area contributed by atoms with Crippen molar-refractivity contribution in [3.05, 3.63) is 18.2 Å². The third-order valence-corrected chi connectivity index (χ3v) is 6.06. The number of nitrogens with one attached hydrogen (secondary N) is 2. The van der Waals surface area contributed by atoms with Gasteiger partial charge in [0.05, 0.1) is 6.54 Å². The summed E-state index contributed by atoms with van der Waals surface area (Å²) in [5, 5.41) is 3.11. The molecular formula is C19H32N6O2. The van der Waals surface area contributed by atoms with Gasteiger partial charge in [-0.15, -0.1) is 0 Å². The highest BCUT2D eigenvalue weighted by atomic mass is 16.2. The number of nitrogens with zero attached hydrogens (tertiary/aromatic N) is 4. The number of carbonyl (C=O) groups is 2. The molecule has 2 fully saturated rings. The lowest BCUT2D eigenvalue weighted by Gasteiger charge is -2.33. The zero-order chi connectivity index (χ0) is 19.4. The van der Waals surface area contributed by atoms with Crippen LogP contribution >= 0.6 is 0 Å². The Bertz CT molecular complexity index is 630. The predicted octanol–water partition coefficient (Wildman–Crippen LogP) is 0.431. The van der Waals surface area contributed by atoms with E-state index >= 15 is 0 Å². The highest BCUT2D eigenvalue weighted by Crippen LogP contribution is 2.28. The van der Waals surface area contributed by atoms with Crippen LogP contribution in [-0.4, -0.2) is 87.8 Å². The number of aromatic nitrogens is 2. The smallest absolute Gasteiger partial charge is 0.239 e. The van der Waals surface area contributed by atoms with Gasteiger partial charge in [-0.3, -0.25) is 19.4 Å². The maximum absolute atomic E-state index is 12.8. The summed E-state index contributed by atoms with van der Waals surface area (Å²) in [6.07, 6.45) is 5.81. The maximum atomic E-state index is 12.8. The van der Waals surface area contributed by atoms with E-state index in [4.69, 9.17) is 0 Å². The molecule has 27 heavy (non-hydrogen) atoms. The van der Waals surface area contributed by atoms with Gasteiger partial charge in [0.15, 0.2) is 0 Å². The van der Waals surface area contributed by atoms with Crippen LogP contribution < -0.4 is 5.32 Å². The van der Waals surface area contributed by atoms with Crippen LogP contribution in [0.15, 0.2) is 12.4 Å². The van der Waals surface area contributed by atoms with Crippen molar-refractivity contribution in [3.8, 4) is 0 Å². The van der Waals surface area contributed by atoms with Gasteiger partial charge in [-0.2, -0.15) is 0 Å². The second-order valence-corrected chi connectivity index (χ2v) is 7.48. The van der Waals surface area contributed by atoms with Gasteiger partial charge in [0, 0.05) is 57.1 Å². The number of likely N-dealkylation sites (N-methyl/N-ethyl adjacent to an activating group) is 1. The Hall–Kier alpha value is -1.93. The highest BCUT2D eigenvalue weighted by Gasteiger charge is 2.45. The summed E-state index contributed by atoms with van der Waals surface area (Å²) in [7, 11) is 2.10. The van der Waals surface area contributed by atoms with E-state index in [0.717, 1.165) is 38.3 Å². The second-order valence-electron chi connectivity index (χ2n) is 7.48. The van der Waals surface area contributed by atoms with Crippen LogP contribution in [0.25, 0.3) is 0 Å². The molecule has 0 aromatic carbocycles. The van der Waals surface area contributed by atoms with E-state index in [0.29, 0.717) is 19.5 Å². The number of hydrogen-bond donors (Lipinski definition) is 2. The predicted molar refractivity (Wildman–Crippen MR) is 103 cm³/mol. The molecule has 8 nitrogen and oxygen atoms in total. The fourth-order valence-corrected chi connectivity index (χ4v) is 4.43. The molecule has 3 rings (SSSR count). The van der Waals surface area contributed by atoms with Crippen molar-refractivity contribution in [3.63, 3.8) is 0 Å². The SMILES string of the molecule is CCN(CC)C(=O)CC[C@H]1CNC(=O)[C@@H]2[C@@H](CCN2Cc2ncc[nH]2)N1C. The molecule has 0 radical (unpaired) electrons. The van der Waals surface area contributed by atoms with Gasteiger partial charge in [0.1, 0.15) is 11.9 Å². The molecule has 2 amide bonds. The number of imidazole rings is 1. The lowest BCUT2D eigenvalue weighted by molar-refractivity contribution is -0.131. The second kappa shape index (κ2) is 8.84. The van der Waals surface area contributed by atoms with Crippen LogP contribution in [0, 0.1) is 0 Å². The third kappa shape index (κ3) is 4.32. The van der Waals surface area contributed by atoms with Crippen molar-refractivity contribution in [2.75, 3.05) is 33.2 Å². The number of carbonyl (C=O) groups excluding carboxylic acids is 2. The normalized spacial score (nSPS) is 26.5. The minimum atomic E-state index is -0.163. The first-order valence-corrected chi connectivity index (χ1v) is 10.0. The van der Waals surface area contributed by atoms with Crippen LogP contribution in [0.1, 0.15) is 38.9 Å². The number of amides is 2. The molecule has 2 saturated heterocycles. The topological polar surface area (TPSA) is 84.6 Å². The standard InChI is InChI=1S/C19H32N6O2/c1-4-24(5-2)17(26)7-6-14-12-22-19(27)18-15(23(14)3)8-11-25(18)13-16-20-9-10-21-16/h9-10,14-15,18H,4-8,11-13H2,1-3H3,(H,20,21)(H,22,27)/t14-,15+,18-/m0/s1. The van der Waals surface area contributed by atoms with Crippen molar-refractivity contribution in [2.24, 2.45) is 0 Å². The highest BCUT2D eigenvalue weighted by molar-refractivity contribution is 5.83. The molecule has 0 aliphatic carbocycles. The van der Waals surface area contributed by atoms with Gasteiger partial charge >= 0.3 is 0 Å². The summed E-state index contributed by atoms with van der Waals surface area (Å²) in [5.41, 5.74) is 0. The van der Waals surface area contributed by atoms with E-state index in [9.17, 15) is 9.59 Å². The van der Waals surface area contributed by atoms with Gasteiger partial charge in [-0.05, 0) is 33.7 Å². The van der Waals surface area contributed by atoms with Crippen LogP contribution in [-0.2, 0) is 16.1 Å². The molecule has 1 aromatic heterocycles. The quantitative estimate of drug-likeness (QED) is 0.721. The van der Waals surface area contributed by atoms with Crippen LogP contribution in [0.2, 0.25) is 0 Å². The zero-order valence-electron chi connectivity index (χ0n) is 16.6. The van der Waals surface area contributed by atoms with E-state index in [2.05, 4.69) is 32.1 Å². The summed E-state index contributed by atoms with van der Waals surface area (Å²) in [5.74, 6) is 1.18. The van der Waals surface area contributed by atoms with E-state index in [1.165, 1.54) is 0 Å². The van der Waals surface area contributed by atoms with Crippen LogP contribution in [0.5, 0.6) is 0 Å². The maximum Gasteiger partial charge on any atom is 0.239 e. The number of aromatic amines is 1. The van der Waals surface area contributed by atoms with Crippen LogP contribution in [0.4, 0.5) is 0 Å². The molecule has 2 N–H and O–H groups in total. The first-order chi connectivity index (χ1) is 13.0. The molecule has 1 aromatic rings. The summed E-state index contributed by atoms with van der Waals surface area (Å²) < 4.78 is 0. The minimum absolute atomic E-state index is 0.0912. The van der Waals surface area contributed by atoms with Gasteiger partial charge < -0.3 is 15.2 Å². The van der Waals surface area contributed by atoms with E-state index in [1.807, 2.05) is 24.9 Å². The number of rotatable bonds is 7. The average molecular weight is 377 g/mol. The molecule has 0 saturated carbocycles. The summed E-state index contributed by atoms with van der Waals surface area (Å²) >= 11 is 0. The minimum Gasteiger partial charge on any atom is -0.353 e. The molecular weight excluding hydrogens is 344 g/mol. The Morgan fingerprint density at radius 3 is 2.81 bits per heavy atom. The first-order valence-electron chi connectivity index (χ1n) is 10.0. The van der Waals surface area contributed by atoms with Crippen molar-refractivity contribution in [1.82, 2.24) is 30.0 Å². The number of H-pyrrole nitrogens is 1. The van der Waals surface area contributed by atoms with Crippen LogP contribution in [0.3, 0.4) is 0 Å². The molecule has 0 bridgehead atoms. The Kier molecular flexibility index (Phi) is 6.49. The van der Waals surface area contributed by atoms with Crippen molar-refractivity contribution >= 4 is 11.8 Å². The number of likely N-dealkylation sites (tertiary alicyclic amines) is 1. The molecule has 0 spiro atoms. The summed E-state index contributed by atoms with van der Waals surface area (Å²) in [6.45, 7) is 7.65. The monoisotopic (exact) mass is 376 g/mol.